The van der Waals surface area contributed by atoms with E-state index in [1.54, 1.807) is 0 Å². The van der Waals surface area contributed by atoms with Crippen molar-refractivity contribution in [2.45, 2.75) is 20.0 Å². The SMILES string of the molecule is CC(=O)N(CCCN)OCc1ccccc1.Cl. The highest BCUT2D eigenvalue weighted by Crippen LogP contribution is 2.03. The lowest BCUT2D eigenvalue weighted by Gasteiger charge is -2.19. The lowest BCUT2D eigenvalue weighted by Crippen LogP contribution is -2.31. The summed E-state index contributed by atoms with van der Waals surface area (Å²) in [5.74, 6) is -0.0932. The Labute approximate surface area is 108 Å². The van der Waals surface area contributed by atoms with Gasteiger partial charge in [-0.05, 0) is 18.5 Å². The van der Waals surface area contributed by atoms with E-state index in [4.69, 9.17) is 10.6 Å². The van der Waals surface area contributed by atoms with Crippen LogP contribution in [0, 0.1) is 0 Å². The smallest absolute Gasteiger partial charge is 0.243 e. The standard InChI is InChI=1S/C12H18N2O2.ClH/c1-11(15)14(9-5-8-13)16-10-12-6-3-2-4-7-12;/h2-4,6-7H,5,8-10,13H2,1H3;1H. The van der Waals surface area contributed by atoms with Crippen LogP contribution in [0.2, 0.25) is 0 Å². The summed E-state index contributed by atoms with van der Waals surface area (Å²) >= 11 is 0. The number of nitrogens with zero attached hydrogens (tertiary/aromatic N) is 1. The Morgan fingerprint density at radius 2 is 2.00 bits per heavy atom. The van der Waals surface area contributed by atoms with Crippen molar-refractivity contribution >= 4 is 18.3 Å². The first-order chi connectivity index (χ1) is 7.74. The molecule has 5 heteroatoms. The van der Waals surface area contributed by atoms with E-state index in [0.717, 1.165) is 12.0 Å². The monoisotopic (exact) mass is 258 g/mol. The summed E-state index contributed by atoms with van der Waals surface area (Å²) in [4.78, 5) is 16.7. The summed E-state index contributed by atoms with van der Waals surface area (Å²) in [6, 6.07) is 9.75. The first-order valence-electron chi connectivity index (χ1n) is 5.39. The van der Waals surface area contributed by atoms with Crippen molar-refractivity contribution in [3.8, 4) is 0 Å². The Kier molecular flexibility index (Phi) is 8.40. The molecule has 2 N–H and O–H groups in total. The average Bonchev–Trinajstić information content (AvgIpc) is 2.30. The van der Waals surface area contributed by atoms with Crippen LogP contribution in [0.25, 0.3) is 0 Å². The van der Waals surface area contributed by atoms with E-state index in [1.807, 2.05) is 30.3 Å². The number of nitrogens with two attached hydrogens (primary N) is 1. The zero-order valence-electron chi connectivity index (χ0n) is 9.96. The van der Waals surface area contributed by atoms with Gasteiger partial charge >= 0.3 is 0 Å². The van der Waals surface area contributed by atoms with Crippen molar-refractivity contribution in [1.29, 1.82) is 0 Å². The normalized spacial score (nSPS) is 9.53. The van der Waals surface area contributed by atoms with Crippen molar-refractivity contribution < 1.29 is 9.63 Å². The van der Waals surface area contributed by atoms with Gasteiger partial charge in [0.25, 0.3) is 0 Å². The second kappa shape index (κ2) is 8.98. The van der Waals surface area contributed by atoms with Crippen LogP contribution < -0.4 is 5.73 Å². The fraction of sp³-hybridized carbons (Fsp3) is 0.417. The van der Waals surface area contributed by atoms with Gasteiger partial charge in [-0.25, -0.2) is 5.06 Å². The fourth-order valence-corrected chi connectivity index (χ4v) is 1.27. The Morgan fingerprint density at radius 3 is 2.53 bits per heavy atom. The van der Waals surface area contributed by atoms with Gasteiger partial charge in [0, 0.05) is 13.5 Å². The summed E-state index contributed by atoms with van der Waals surface area (Å²) < 4.78 is 0. The van der Waals surface area contributed by atoms with Gasteiger partial charge in [0.05, 0.1) is 0 Å². The van der Waals surface area contributed by atoms with Crippen LogP contribution in [0.5, 0.6) is 0 Å². The van der Waals surface area contributed by atoms with Gasteiger partial charge < -0.3 is 5.73 Å². The molecule has 0 saturated carbocycles. The van der Waals surface area contributed by atoms with Crippen LogP contribution in [0.1, 0.15) is 18.9 Å². The minimum Gasteiger partial charge on any atom is -0.330 e. The summed E-state index contributed by atoms with van der Waals surface area (Å²) in [7, 11) is 0. The van der Waals surface area contributed by atoms with E-state index < -0.39 is 0 Å². The molecule has 0 aliphatic heterocycles. The molecule has 4 nitrogen and oxygen atoms in total. The minimum atomic E-state index is -0.0932. The molecule has 0 aliphatic carbocycles. The van der Waals surface area contributed by atoms with Gasteiger partial charge in [-0.1, -0.05) is 30.3 Å². The quantitative estimate of drug-likeness (QED) is 0.791. The molecule has 0 radical (unpaired) electrons. The van der Waals surface area contributed by atoms with E-state index in [0.29, 0.717) is 19.7 Å². The Balaban J connectivity index is 0.00000256. The zero-order chi connectivity index (χ0) is 11.8. The number of hydrogen-bond donors (Lipinski definition) is 1. The highest BCUT2D eigenvalue weighted by molar-refractivity contribution is 5.85. The predicted octanol–water partition coefficient (Wildman–Crippen LogP) is 1.74. The fourth-order valence-electron chi connectivity index (χ4n) is 1.27. The molecule has 1 rings (SSSR count). The third kappa shape index (κ3) is 6.26. The summed E-state index contributed by atoms with van der Waals surface area (Å²) in [5.41, 5.74) is 6.43. The highest BCUT2D eigenvalue weighted by atomic mass is 35.5. The van der Waals surface area contributed by atoms with Crippen molar-refractivity contribution in [3.05, 3.63) is 35.9 Å². The minimum absolute atomic E-state index is 0. The lowest BCUT2D eigenvalue weighted by molar-refractivity contribution is -0.189. The topological polar surface area (TPSA) is 55.6 Å². The molecule has 0 aromatic heterocycles. The highest BCUT2D eigenvalue weighted by Gasteiger charge is 2.08. The zero-order valence-corrected chi connectivity index (χ0v) is 10.8. The maximum atomic E-state index is 11.2. The van der Waals surface area contributed by atoms with E-state index >= 15 is 0 Å². The van der Waals surface area contributed by atoms with Crippen LogP contribution in [-0.2, 0) is 16.2 Å². The van der Waals surface area contributed by atoms with Crippen molar-refractivity contribution in [2.75, 3.05) is 13.1 Å². The molecular formula is C12H19ClN2O2. The lowest BCUT2D eigenvalue weighted by atomic mass is 10.2. The van der Waals surface area contributed by atoms with Gasteiger partial charge in [-0.15, -0.1) is 12.4 Å². The third-order valence-electron chi connectivity index (χ3n) is 2.15. The first-order valence-corrected chi connectivity index (χ1v) is 5.39. The molecule has 17 heavy (non-hydrogen) atoms. The van der Waals surface area contributed by atoms with Crippen LogP contribution >= 0.6 is 12.4 Å². The summed E-state index contributed by atoms with van der Waals surface area (Å²) in [5, 5.41) is 1.36. The Hall–Kier alpha value is -1.10. The van der Waals surface area contributed by atoms with Crippen molar-refractivity contribution in [3.63, 3.8) is 0 Å². The van der Waals surface area contributed by atoms with Crippen LogP contribution in [0.15, 0.2) is 30.3 Å². The van der Waals surface area contributed by atoms with Crippen LogP contribution in [0.4, 0.5) is 0 Å². The Bertz CT molecular complexity index is 320. The van der Waals surface area contributed by atoms with Crippen molar-refractivity contribution in [2.24, 2.45) is 5.73 Å². The van der Waals surface area contributed by atoms with Gasteiger partial charge in [-0.2, -0.15) is 0 Å². The molecule has 1 aromatic carbocycles. The second-order valence-electron chi connectivity index (χ2n) is 3.52. The number of carbonyl (C=O) groups excluding carboxylic acids is 1. The molecule has 0 atom stereocenters. The molecule has 0 saturated heterocycles. The molecule has 0 unspecified atom stereocenters. The third-order valence-corrected chi connectivity index (χ3v) is 2.15. The van der Waals surface area contributed by atoms with Crippen LogP contribution in [-0.4, -0.2) is 24.1 Å². The van der Waals surface area contributed by atoms with E-state index in [1.165, 1.54) is 12.0 Å². The average molecular weight is 259 g/mol. The van der Waals surface area contributed by atoms with Gasteiger partial charge in [0.2, 0.25) is 5.91 Å². The number of amides is 1. The van der Waals surface area contributed by atoms with E-state index in [-0.39, 0.29) is 18.3 Å². The van der Waals surface area contributed by atoms with Gasteiger partial charge in [-0.3, -0.25) is 9.63 Å². The molecule has 0 spiro atoms. The molecular weight excluding hydrogens is 240 g/mol. The number of benzene rings is 1. The Morgan fingerprint density at radius 1 is 1.35 bits per heavy atom. The second-order valence-corrected chi connectivity index (χ2v) is 3.52. The molecule has 0 heterocycles. The number of carbonyl (C=O) groups is 1. The maximum Gasteiger partial charge on any atom is 0.243 e. The molecule has 96 valence electrons. The summed E-state index contributed by atoms with van der Waals surface area (Å²) in [6.07, 6.45) is 0.744. The first kappa shape index (κ1) is 15.9. The largest absolute Gasteiger partial charge is 0.330 e. The number of rotatable bonds is 6. The van der Waals surface area contributed by atoms with E-state index in [2.05, 4.69) is 0 Å². The van der Waals surface area contributed by atoms with E-state index in [9.17, 15) is 4.79 Å². The maximum absolute atomic E-state index is 11.2. The van der Waals surface area contributed by atoms with Gasteiger partial charge in [0.15, 0.2) is 0 Å². The molecule has 1 aromatic rings. The molecule has 0 bridgehead atoms. The van der Waals surface area contributed by atoms with Crippen molar-refractivity contribution in [1.82, 2.24) is 5.06 Å². The molecule has 1 amide bonds. The van der Waals surface area contributed by atoms with Crippen LogP contribution in [0.3, 0.4) is 0 Å². The summed E-state index contributed by atoms with van der Waals surface area (Å²) in [6.45, 7) is 2.99. The number of hydroxylamine groups is 2. The number of halogens is 1. The van der Waals surface area contributed by atoms with Gasteiger partial charge in [0.1, 0.15) is 6.61 Å². The number of hydrogen-bond acceptors (Lipinski definition) is 3. The predicted molar refractivity (Wildman–Crippen MR) is 69.5 cm³/mol. The molecule has 0 fully saturated rings. The molecule has 0 aliphatic rings.